The summed E-state index contributed by atoms with van der Waals surface area (Å²) in [5, 5.41) is 16.0. The van der Waals surface area contributed by atoms with Crippen LogP contribution in [0.4, 0.5) is 0 Å². The van der Waals surface area contributed by atoms with Crippen LogP contribution in [0.2, 0.25) is 0 Å². The maximum Gasteiger partial charge on any atom is 0.335 e. The first-order valence-electron chi connectivity index (χ1n) is 16.4. The van der Waals surface area contributed by atoms with E-state index in [1.54, 1.807) is 12.3 Å². The number of fused-ring (bicyclic) bond motifs is 5. The lowest BCUT2D eigenvalue weighted by Crippen LogP contribution is -2.64. The molecular formula is C34H58N2O3S. The van der Waals surface area contributed by atoms with Gasteiger partial charge in [0.15, 0.2) is 0 Å². The van der Waals surface area contributed by atoms with Crippen molar-refractivity contribution in [1.82, 2.24) is 10.2 Å². The van der Waals surface area contributed by atoms with Crippen molar-refractivity contribution in [2.45, 2.75) is 122 Å². The third-order valence-electron chi connectivity index (χ3n) is 12.0. The molecule has 7 unspecified atom stereocenters. The second kappa shape index (κ2) is 14.1. The van der Waals surface area contributed by atoms with Crippen LogP contribution in [-0.4, -0.2) is 54.1 Å². The van der Waals surface area contributed by atoms with Gasteiger partial charge in [0.2, 0.25) is 0 Å². The minimum atomic E-state index is -0.369. The second-order valence-electron chi connectivity index (χ2n) is 14.2. The van der Waals surface area contributed by atoms with E-state index < -0.39 is 0 Å². The van der Waals surface area contributed by atoms with Crippen LogP contribution in [0.25, 0.3) is 0 Å². The SMILES string of the molecule is CC12CCC(NCCN3CCCCC3)CC1CCC1C2CCC2(C)CCCCC12O.CS.Cc1ccc(=O)oc1. The first-order chi connectivity index (χ1) is 19.2. The summed E-state index contributed by atoms with van der Waals surface area (Å²) >= 11 is 3.53. The Hall–Kier alpha value is -0.820. The Morgan fingerprint density at radius 2 is 1.70 bits per heavy atom. The van der Waals surface area contributed by atoms with Gasteiger partial charge in [-0.15, -0.1) is 0 Å². The molecule has 40 heavy (non-hydrogen) atoms. The number of thiol groups is 1. The summed E-state index contributed by atoms with van der Waals surface area (Å²) in [6, 6.07) is 3.84. The van der Waals surface area contributed by atoms with Gasteiger partial charge in [0, 0.05) is 25.2 Å². The number of piperidine rings is 1. The minimum Gasteiger partial charge on any atom is -0.431 e. The van der Waals surface area contributed by atoms with Gasteiger partial charge in [0.25, 0.3) is 0 Å². The molecule has 0 spiro atoms. The highest BCUT2D eigenvalue weighted by Gasteiger charge is 2.63. The molecule has 5 aliphatic rings. The van der Waals surface area contributed by atoms with Gasteiger partial charge in [-0.25, -0.2) is 4.79 Å². The van der Waals surface area contributed by atoms with Crippen LogP contribution in [0.15, 0.2) is 27.6 Å². The largest absolute Gasteiger partial charge is 0.431 e. The van der Waals surface area contributed by atoms with E-state index in [4.69, 9.17) is 0 Å². The average Bonchev–Trinajstić information content (AvgIpc) is 2.97. The lowest BCUT2D eigenvalue weighted by Gasteiger charge is -2.66. The smallest absolute Gasteiger partial charge is 0.335 e. The monoisotopic (exact) mass is 574 g/mol. The first-order valence-corrected chi connectivity index (χ1v) is 17.3. The molecule has 1 aliphatic heterocycles. The summed E-state index contributed by atoms with van der Waals surface area (Å²) in [5.74, 6) is 2.21. The third-order valence-corrected chi connectivity index (χ3v) is 12.0. The predicted molar refractivity (Wildman–Crippen MR) is 169 cm³/mol. The number of hydrogen-bond donors (Lipinski definition) is 3. The van der Waals surface area contributed by atoms with Crippen molar-refractivity contribution in [1.29, 1.82) is 0 Å². The molecule has 0 radical (unpaired) electrons. The molecule has 0 bridgehead atoms. The molecule has 5 fully saturated rings. The number of nitrogens with one attached hydrogen (secondary N) is 1. The van der Waals surface area contributed by atoms with Gasteiger partial charge in [-0.05, 0) is 137 Å². The topological polar surface area (TPSA) is 65.7 Å². The lowest BCUT2D eigenvalue weighted by atomic mass is 9.41. The van der Waals surface area contributed by atoms with E-state index in [1.165, 1.54) is 122 Å². The van der Waals surface area contributed by atoms with Crippen LogP contribution in [0.3, 0.4) is 0 Å². The Morgan fingerprint density at radius 3 is 2.40 bits per heavy atom. The summed E-state index contributed by atoms with van der Waals surface area (Å²) in [6.07, 6.45) is 21.7. The van der Waals surface area contributed by atoms with Crippen LogP contribution >= 0.6 is 12.6 Å². The molecule has 6 heteroatoms. The third kappa shape index (κ3) is 6.87. The zero-order valence-electron chi connectivity index (χ0n) is 25.9. The van der Waals surface area contributed by atoms with Crippen LogP contribution in [-0.2, 0) is 0 Å². The summed E-state index contributed by atoms with van der Waals surface area (Å²) in [4.78, 5) is 12.9. The Balaban J connectivity index is 0.000000316. The summed E-state index contributed by atoms with van der Waals surface area (Å²) in [5.41, 5.74) is 0.969. The maximum atomic E-state index is 12.0. The van der Waals surface area contributed by atoms with Crippen molar-refractivity contribution in [3.8, 4) is 0 Å². The van der Waals surface area contributed by atoms with Crippen molar-refractivity contribution in [3.63, 3.8) is 0 Å². The molecule has 5 nitrogen and oxygen atoms in total. The Labute approximate surface area is 249 Å². The van der Waals surface area contributed by atoms with Crippen molar-refractivity contribution in [2.75, 3.05) is 32.4 Å². The highest BCUT2D eigenvalue weighted by molar-refractivity contribution is 7.79. The molecule has 2 N–H and O–H groups in total. The van der Waals surface area contributed by atoms with E-state index in [2.05, 4.69) is 41.1 Å². The van der Waals surface area contributed by atoms with Gasteiger partial charge < -0.3 is 19.7 Å². The summed E-state index contributed by atoms with van der Waals surface area (Å²) in [6.45, 7) is 12.0. The minimum absolute atomic E-state index is 0.197. The summed E-state index contributed by atoms with van der Waals surface area (Å²) < 4.78 is 4.50. The average molecular weight is 575 g/mol. The molecule has 228 valence electrons. The zero-order chi connectivity index (χ0) is 28.8. The maximum absolute atomic E-state index is 12.0. The van der Waals surface area contributed by atoms with Gasteiger partial charge in [-0.3, -0.25) is 0 Å². The molecule has 0 amide bonds. The van der Waals surface area contributed by atoms with Crippen LogP contribution in [0.5, 0.6) is 0 Å². The molecule has 2 heterocycles. The Bertz CT molecular complexity index is 960. The van der Waals surface area contributed by atoms with Crippen LogP contribution in [0.1, 0.15) is 109 Å². The molecule has 1 aromatic heterocycles. The first kappa shape index (κ1) is 32.1. The van der Waals surface area contributed by atoms with Gasteiger partial charge in [0.05, 0.1) is 11.9 Å². The highest BCUT2D eigenvalue weighted by Crippen LogP contribution is 2.66. The molecule has 0 aromatic carbocycles. The van der Waals surface area contributed by atoms with Crippen molar-refractivity contribution >= 4 is 12.6 Å². The Morgan fingerprint density at radius 1 is 0.950 bits per heavy atom. The van der Waals surface area contributed by atoms with Gasteiger partial charge in [-0.2, -0.15) is 12.6 Å². The Kier molecular flexibility index (Phi) is 11.3. The summed E-state index contributed by atoms with van der Waals surface area (Å²) in [7, 11) is 0. The second-order valence-corrected chi connectivity index (χ2v) is 14.2. The van der Waals surface area contributed by atoms with Gasteiger partial charge >= 0.3 is 5.63 Å². The van der Waals surface area contributed by atoms with E-state index in [0.29, 0.717) is 11.3 Å². The van der Waals surface area contributed by atoms with E-state index >= 15 is 0 Å². The standard InChI is InChI=1S/C27H48N2O.C6H6O2.CH4S/c1-25-12-4-5-13-27(25,30)24-9-8-21-20-22(10-15-26(21,2)23(24)11-14-25)28-16-19-29-17-6-3-7-18-29;1-5-2-3-6(7)8-4-5;1-2/h21-24,28,30H,3-20H2,1-2H3;2-4H,1H3;2H,1H3. The number of nitrogens with zero attached hydrogens (tertiary/aromatic N) is 1. The molecule has 4 saturated carbocycles. The number of hydrogen-bond acceptors (Lipinski definition) is 6. The van der Waals surface area contributed by atoms with Crippen molar-refractivity contribution < 1.29 is 9.52 Å². The number of aryl methyl sites for hydroxylation is 1. The molecule has 7 atom stereocenters. The van der Waals surface area contributed by atoms with E-state index in [-0.39, 0.29) is 16.6 Å². The normalized spacial score (nSPS) is 39.2. The molecule has 1 aromatic rings. The number of likely N-dealkylation sites (tertiary alicyclic amines) is 1. The molecule has 4 aliphatic carbocycles. The van der Waals surface area contributed by atoms with E-state index in [0.717, 1.165) is 29.9 Å². The van der Waals surface area contributed by atoms with Crippen LogP contribution in [0, 0.1) is 35.5 Å². The van der Waals surface area contributed by atoms with Crippen LogP contribution < -0.4 is 10.9 Å². The van der Waals surface area contributed by atoms with E-state index in [9.17, 15) is 9.90 Å². The van der Waals surface area contributed by atoms with Gasteiger partial charge in [-0.1, -0.05) is 33.1 Å². The molecule has 1 saturated heterocycles. The fourth-order valence-electron chi connectivity index (χ4n) is 9.60. The highest BCUT2D eigenvalue weighted by atomic mass is 32.1. The predicted octanol–water partition coefficient (Wildman–Crippen LogP) is 6.86. The van der Waals surface area contributed by atoms with Crippen molar-refractivity contribution in [3.05, 3.63) is 34.4 Å². The fourth-order valence-corrected chi connectivity index (χ4v) is 9.60. The van der Waals surface area contributed by atoms with E-state index in [1.807, 2.05) is 6.92 Å². The number of rotatable bonds is 4. The zero-order valence-corrected chi connectivity index (χ0v) is 26.8. The van der Waals surface area contributed by atoms with Gasteiger partial charge in [0.1, 0.15) is 0 Å². The van der Waals surface area contributed by atoms with Crippen molar-refractivity contribution in [2.24, 2.45) is 28.6 Å². The fraction of sp³-hybridized carbons (Fsp3) is 0.853. The molecule has 6 rings (SSSR count). The lowest BCUT2D eigenvalue weighted by molar-refractivity contribution is -0.227. The number of aliphatic hydroxyl groups is 1. The quantitative estimate of drug-likeness (QED) is 0.343. The molecular weight excluding hydrogens is 516 g/mol.